The predicted octanol–water partition coefficient (Wildman–Crippen LogP) is 3.50. The smallest absolute Gasteiger partial charge is 0.308 e. The minimum Gasteiger partial charge on any atom is -0.481 e. The summed E-state index contributed by atoms with van der Waals surface area (Å²) in [5.41, 5.74) is 0.758. The van der Waals surface area contributed by atoms with Gasteiger partial charge in [0.2, 0.25) is 5.91 Å². The molecule has 1 aliphatic rings. The molecule has 0 saturated carbocycles. The zero-order valence-corrected chi connectivity index (χ0v) is 15.3. The largest absolute Gasteiger partial charge is 0.481 e. The van der Waals surface area contributed by atoms with Gasteiger partial charge in [0.15, 0.2) is 11.7 Å². The first-order valence-corrected chi connectivity index (χ1v) is 9.02. The average Bonchev–Trinajstić information content (AvgIpc) is 3.08. The van der Waals surface area contributed by atoms with Crippen LogP contribution in [0.5, 0.6) is 0 Å². The molecule has 2 aromatic rings. The molecule has 3 rings (SSSR count). The van der Waals surface area contributed by atoms with Crippen LogP contribution >= 0.6 is 11.6 Å². The molecule has 0 spiro atoms. The molecule has 2 heterocycles. The first-order chi connectivity index (χ1) is 12.4. The summed E-state index contributed by atoms with van der Waals surface area (Å²) in [4.78, 5) is 29.6. The lowest BCUT2D eigenvalue weighted by molar-refractivity contribution is -0.146. The summed E-state index contributed by atoms with van der Waals surface area (Å²) in [5, 5.41) is 9.80. The topological polar surface area (TPSA) is 83.6 Å². The highest BCUT2D eigenvalue weighted by Gasteiger charge is 2.31. The fraction of sp³-hybridized carbons (Fsp3) is 0.421. The number of piperidine rings is 1. The van der Waals surface area contributed by atoms with Gasteiger partial charge in [-0.25, -0.2) is 4.98 Å². The van der Waals surface area contributed by atoms with Crippen molar-refractivity contribution in [2.24, 2.45) is 11.8 Å². The summed E-state index contributed by atoms with van der Waals surface area (Å²) in [7, 11) is 0. The van der Waals surface area contributed by atoms with E-state index < -0.39 is 11.9 Å². The molecule has 1 amide bonds. The number of halogens is 1. The van der Waals surface area contributed by atoms with Crippen molar-refractivity contribution in [2.45, 2.75) is 26.2 Å². The molecule has 1 aliphatic heterocycles. The van der Waals surface area contributed by atoms with Crippen molar-refractivity contribution < 1.29 is 19.1 Å². The highest BCUT2D eigenvalue weighted by Crippen LogP contribution is 2.28. The number of likely N-dealkylation sites (tertiary alicyclic amines) is 1. The van der Waals surface area contributed by atoms with Gasteiger partial charge in [-0.3, -0.25) is 9.59 Å². The lowest BCUT2D eigenvalue weighted by Gasteiger charge is -2.34. The van der Waals surface area contributed by atoms with Crippen LogP contribution in [0.3, 0.4) is 0 Å². The highest BCUT2D eigenvalue weighted by atomic mass is 35.5. The minimum absolute atomic E-state index is 0.0692. The monoisotopic (exact) mass is 376 g/mol. The summed E-state index contributed by atoms with van der Waals surface area (Å²) in [5.74, 6) is -0.186. The molecule has 2 unspecified atom stereocenters. The molecule has 1 N–H and O–H groups in total. The summed E-state index contributed by atoms with van der Waals surface area (Å²) in [6, 6.07) is 7.33. The van der Waals surface area contributed by atoms with Gasteiger partial charge in [-0.05, 0) is 24.5 Å². The van der Waals surface area contributed by atoms with Crippen LogP contribution in [-0.4, -0.2) is 40.0 Å². The Morgan fingerprint density at radius 2 is 2.12 bits per heavy atom. The number of carbonyl (C=O) groups excluding carboxylic acids is 1. The summed E-state index contributed by atoms with van der Waals surface area (Å²) < 4.78 is 5.71. The van der Waals surface area contributed by atoms with Crippen molar-refractivity contribution in [2.75, 3.05) is 13.1 Å². The van der Waals surface area contributed by atoms with Crippen LogP contribution in [0.2, 0.25) is 5.02 Å². The highest BCUT2D eigenvalue weighted by molar-refractivity contribution is 6.33. The number of aryl methyl sites for hydroxylation is 1. The number of aromatic nitrogens is 1. The van der Waals surface area contributed by atoms with Crippen molar-refractivity contribution in [3.63, 3.8) is 0 Å². The number of nitrogens with zero attached hydrogens (tertiary/aromatic N) is 2. The van der Waals surface area contributed by atoms with Crippen molar-refractivity contribution in [1.82, 2.24) is 9.88 Å². The van der Waals surface area contributed by atoms with Crippen molar-refractivity contribution in [3.05, 3.63) is 41.4 Å². The Labute approximate surface area is 156 Å². The van der Waals surface area contributed by atoms with E-state index in [2.05, 4.69) is 4.98 Å². The van der Waals surface area contributed by atoms with E-state index in [9.17, 15) is 14.7 Å². The predicted molar refractivity (Wildman–Crippen MR) is 96.8 cm³/mol. The number of hydrogen-bond acceptors (Lipinski definition) is 4. The minimum atomic E-state index is -0.841. The number of rotatable bonds is 5. The van der Waals surface area contributed by atoms with Gasteiger partial charge in [0.1, 0.15) is 0 Å². The van der Waals surface area contributed by atoms with Gasteiger partial charge in [-0.1, -0.05) is 30.7 Å². The maximum atomic E-state index is 12.5. The number of amides is 1. The molecular formula is C19H21ClN2O4. The van der Waals surface area contributed by atoms with Crippen LogP contribution in [0.15, 0.2) is 34.9 Å². The third-order valence-electron chi connectivity index (χ3n) is 4.61. The van der Waals surface area contributed by atoms with Crippen molar-refractivity contribution in [1.29, 1.82) is 0 Å². The van der Waals surface area contributed by atoms with Crippen LogP contribution in [0.1, 0.15) is 25.7 Å². The Morgan fingerprint density at radius 3 is 2.85 bits per heavy atom. The molecule has 1 aromatic carbocycles. The Balaban J connectivity index is 1.60. The Morgan fingerprint density at radius 1 is 1.35 bits per heavy atom. The third-order valence-corrected chi connectivity index (χ3v) is 4.94. The standard InChI is InChI=1S/C19H21ClN2O4/c1-12-8-13(19(24)25)11-22(10-12)18(23)7-6-17-21-9-16(26-17)14-4-2-3-5-15(14)20/h2-5,9,12-13H,6-8,10-11H2,1H3,(H,24,25). The molecule has 0 radical (unpaired) electrons. The van der Waals surface area contributed by atoms with Gasteiger partial charge < -0.3 is 14.4 Å². The maximum absolute atomic E-state index is 12.5. The molecule has 0 aliphatic carbocycles. The van der Waals surface area contributed by atoms with Crippen LogP contribution in [0.25, 0.3) is 11.3 Å². The quantitative estimate of drug-likeness (QED) is 0.863. The van der Waals surface area contributed by atoms with E-state index in [-0.39, 0.29) is 24.8 Å². The molecule has 1 aromatic heterocycles. The molecule has 138 valence electrons. The van der Waals surface area contributed by atoms with E-state index in [4.69, 9.17) is 16.0 Å². The zero-order valence-electron chi connectivity index (χ0n) is 14.5. The first kappa shape index (κ1) is 18.5. The second-order valence-corrected chi connectivity index (χ2v) is 7.18. The third kappa shape index (κ3) is 4.25. The Bertz CT molecular complexity index is 804. The second kappa shape index (κ2) is 7.91. The molecule has 26 heavy (non-hydrogen) atoms. The van der Waals surface area contributed by atoms with E-state index in [0.717, 1.165) is 5.56 Å². The Kier molecular flexibility index (Phi) is 5.61. The van der Waals surface area contributed by atoms with Gasteiger partial charge in [-0.2, -0.15) is 0 Å². The van der Waals surface area contributed by atoms with E-state index in [1.54, 1.807) is 17.2 Å². The molecule has 0 bridgehead atoms. The van der Waals surface area contributed by atoms with Gasteiger partial charge >= 0.3 is 5.97 Å². The van der Waals surface area contributed by atoms with Gasteiger partial charge in [0, 0.05) is 31.5 Å². The number of oxazole rings is 1. The lowest BCUT2D eigenvalue weighted by atomic mass is 9.90. The van der Waals surface area contributed by atoms with E-state index in [1.807, 2.05) is 25.1 Å². The fourth-order valence-electron chi connectivity index (χ4n) is 3.32. The van der Waals surface area contributed by atoms with Gasteiger partial charge in [0.25, 0.3) is 0 Å². The SMILES string of the molecule is CC1CC(C(=O)O)CN(C(=O)CCc2ncc(-c3ccccc3Cl)o2)C1. The van der Waals surface area contributed by atoms with Crippen LogP contribution in [-0.2, 0) is 16.0 Å². The lowest BCUT2D eigenvalue weighted by Crippen LogP contribution is -2.45. The zero-order chi connectivity index (χ0) is 18.7. The molecule has 7 heteroatoms. The van der Waals surface area contributed by atoms with E-state index >= 15 is 0 Å². The van der Waals surface area contributed by atoms with E-state index in [1.165, 1.54) is 0 Å². The number of carboxylic acids is 1. The second-order valence-electron chi connectivity index (χ2n) is 6.77. The van der Waals surface area contributed by atoms with Crippen molar-refractivity contribution >= 4 is 23.5 Å². The van der Waals surface area contributed by atoms with E-state index in [0.29, 0.717) is 36.1 Å². The maximum Gasteiger partial charge on any atom is 0.308 e. The molecule has 1 saturated heterocycles. The molecule has 2 atom stereocenters. The summed E-state index contributed by atoms with van der Waals surface area (Å²) in [6.45, 7) is 2.84. The average molecular weight is 377 g/mol. The van der Waals surface area contributed by atoms with Gasteiger partial charge in [-0.15, -0.1) is 0 Å². The fourth-order valence-corrected chi connectivity index (χ4v) is 3.55. The molecule has 1 fully saturated rings. The summed E-state index contributed by atoms with van der Waals surface area (Å²) >= 11 is 6.15. The molecule has 6 nitrogen and oxygen atoms in total. The number of carbonyl (C=O) groups is 2. The van der Waals surface area contributed by atoms with Crippen LogP contribution in [0, 0.1) is 11.8 Å². The van der Waals surface area contributed by atoms with Crippen LogP contribution < -0.4 is 0 Å². The number of aliphatic carboxylic acids is 1. The number of carboxylic acid groups (broad SMARTS) is 1. The normalized spacial score (nSPS) is 20.2. The van der Waals surface area contributed by atoms with Crippen molar-refractivity contribution in [3.8, 4) is 11.3 Å². The summed E-state index contributed by atoms with van der Waals surface area (Å²) in [6.07, 6.45) is 2.82. The Hall–Kier alpha value is -2.34. The van der Waals surface area contributed by atoms with Crippen LogP contribution in [0.4, 0.5) is 0 Å². The first-order valence-electron chi connectivity index (χ1n) is 8.64. The number of benzene rings is 1. The van der Waals surface area contributed by atoms with Gasteiger partial charge in [0.05, 0.1) is 17.1 Å². The molecular weight excluding hydrogens is 356 g/mol. The number of hydrogen-bond donors (Lipinski definition) is 1.